The van der Waals surface area contributed by atoms with Gasteiger partial charge in [0.25, 0.3) is 0 Å². The van der Waals surface area contributed by atoms with Crippen molar-refractivity contribution in [3.05, 3.63) is 33.8 Å². The van der Waals surface area contributed by atoms with Crippen molar-refractivity contribution in [1.82, 2.24) is 0 Å². The SMILES string of the molecule is Cc1ccc(CC(C)C(CN)CO)c(Br)c1. The minimum absolute atomic E-state index is 0.168. The molecule has 0 aliphatic heterocycles. The highest BCUT2D eigenvalue weighted by Crippen LogP contribution is 2.24. The van der Waals surface area contributed by atoms with E-state index in [0.29, 0.717) is 12.5 Å². The van der Waals surface area contributed by atoms with Crippen molar-refractivity contribution in [2.75, 3.05) is 13.2 Å². The van der Waals surface area contributed by atoms with Crippen LogP contribution < -0.4 is 5.73 Å². The van der Waals surface area contributed by atoms with Crippen LogP contribution >= 0.6 is 15.9 Å². The lowest BCUT2D eigenvalue weighted by Crippen LogP contribution is -2.26. The zero-order valence-corrected chi connectivity index (χ0v) is 11.5. The molecule has 0 spiro atoms. The van der Waals surface area contributed by atoms with Gasteiger partial charge in [0.2, 0.25) is 0 Å². The summed E-state index contributed by atoms with van der Waals surface area (Å²) in [5.41, 5.74) is 8.16. The van der Waals surface area contributed by atoms with Crippen LogP contribution in [0, 0.1) is 18.8 Å². The minimum Gasteiger partial charge on any atom is -0.396 e. The van der Waals surface area contributed by atoms with E-state index in [1.165, 1.54) is 11.1 Å². The fourth-order valence-electron chi connectivity index (χ4n) is 1.82. The Balaban J connectivity index is 2.72. The van der Waals surface area contributed by atoms with Crippen molar-refractivity contribution in [3.63, 3.8) is 0 Å². The first kappa shape index (κ1) is 13.7. The second-order valence-electron chi connectivity index (χ2n) is 4.45. The lowest BCUT2D eigenvalue weighted by molar-refractivity contribution is 0.187. The molecule has 0 heterocycles. The summed E-state index contributed by atoms with van der Waals surface area (Å²) in [6.07, 6.45) is 0.948. The van der Waals surface area contributed by atoms with E-state index in [-0.39, 0.29) is 12.5 Å². The van der Waals surface area contributed by atoms with Crippen LogP contribution in [0.3, 0.4) is 0 Å². The predicted molar refractivity (Wildman–Crippen MR) is 71.4 cm³/mol. The maximum Gasteiger partial charge on any atom is 0.0474 e. The molecule has 1 aromatic carbocycles. The molecular weight excluding hydrogens is 266 g/mol. The van der Waals surface area contributed by atoms with Gasteiger partial charge < -0.3 is 10.8 Å². The number of rotatable bonds is 5. The Bertz CT molecular complexity index is 337. The standard InChI is InChI=1S/C13H20BrNO/c1-9-3-4-11(13(14)5-9)6-10(2)12(7-15)8-16/h3-5,10,12,16H,6-8,15H2,1-2H3. The molecule has 1 aromatic rings. The van der Waals surface area contributed by atoms with Gasteiger partial charge in [0.05, 0.1) is 0 Å². The van der Waals surface area contributed by atoms with Gasteiger partial charge in [-0.3, -0.25) is 0 Å². The summed E-state index contributed by atoms with van der Waals surface area (Å²) in [5.74, 6) is 0.585. The van der Waals surface area contributed by atoms with Crippen LogP contribution in [0.1, 0.15) is 18.1 Å². The molecule has 0 saturated carbocycles. The average molecular weight is 286 g/mol. The number of nitrogens with two attached hydrogens (primary N) is 1. The van der Waals surface area contributed by atoms with Crippen molar-refractivity contribution in [2.24, 2.45) is 17.6 Å². The van der Waals surface area contributed by atoms with Gasteiger partial charge in [-0.05, 0) is 48.9 Å². The summed E-state index contributed by atoms with van der Waals surface area (Å²) in [5, 5.41) is 9.20. The van der Waals surface area contributed by atoms with E-state index in [0.717, 1.165) is 10.9 Å². The monoisotopic (exact) mass is 285 g/mol. The molecule has 0 radical (unpaired) electrons. The Morgan fingerprint density at radius 2 is 2.12 bits per heavy atom. The summed E-state index contributed by atoms with van der Waals surface area (Å²) in [6, 6.07) is 6.38. The maximum atomic E-state index is 9.20. The summed E-state index contributed by atoms with van der Waals surface area (Å²) < 4.78 is 1.15. The van der Waals surface area contributed by atoms with E-state index >= 15 is 0 Å². The molecular formula is C13H20BrNO. The molecule has 2 nitrogen and oxygen atoms in total. The molecule has 0 fully saturated rings. The predicted octanol–water partition coefficient (Wildman–Crippen LogP) is 2.50. The molecule has 3 heteroatoms. The van der Waals surface area contributed by atoms with Crippen LogP contribution in [0.5, 0.6) is 0 Å². The first-order valence-corrected chi connectivity index (χ1v) is 6.43. The summed E-state index contributed by atoms with van der Waals surface area (Å²) in [4.78, 5) is 0. The van der Waals surface area contributed by atoms with Crippen LogP contribution in [0.2, 0.25) is 0 Å². The fourth-order valence-corrected chi connectivity index (χ4v) is 2.47. The topological polar surface area (TPSA) is 46.2 Å². The lowest BCUT2D eigenvalue weighted by atomic mass is 9.89. The Hall–Kier alpha value is -0.380. The molecule has 90 valence electrons. The van der Waals surface area contributed by atoms with Gasteiger partial charge in [-0.25, -0.2) is 0 Å². The van der Waals surface area contributed by atoms with Crippen molar-refractivity contribution in [1.29, 1.82) is 0 Å². The van der Waals surface area contributed by atoms with Gasteiger partial charge in [-0.15, -0.1) is 0 Å². The first-order valence-electron chi connectivity index (χ1n) is 5.64. The third kappa shape index (κ3) is 3.58. The highest BCUT2D eigenvalue weighted by atomic mass is 79.9. The summed E-state index contributed by atoms with van der Waals surface area (Å²) in [6.45, 7) is 4.93. The van der Waals surface area contributed by atoms with Gasteiger partial charge in [0, 0.05) is 11.1 Å². The molecule has 0 aromatic heterocycles. The van der Waals surface area contributed by atoms with E-state index in [1.54, 1.807) is 0 Å². The highest BCUT2D eigenvalue weighted by molar-refractivity contribution is 9.10. The molecule has 0 bridgehead atoms. The van der Waals surface area contributed by atoms with Crippen LogP contribution in [0.25, 0.3) is 0 Å². The Morgan fingerprint density at radius 1 is 1.44 bits per heavy atom. The van der Waals surface area contributed by atoms with Crippen LogP contribution in [-0.2, 0) is 6.42 Å². The Labute approximate surface area is 106 Å². The van der Waals surface area contributed by atoms with Gasteiger partial charge in [0.15, 0.2) is 0 Å². The zero-order chi connectivity index (χ0) is 12.1. The van der Waals surface area contributed by atoms with E-state index in [9.17, 15) is 5.11 Å². The van der Waals surface area contributed by atoms with Gasteiger partial charge in [0.1, 0.15) is 0 Å². The van der Waals surface area contributed by atoms with E-state index in [4.69, 9.17) is 5.73 Å². The van der Waals surface area contributed by atoms with Crippen molar-refractivity contribution < 1.29 is 5.11 Å². The number of hydrogen-bond acceptors (Lipinski definition) is 2. The first-order chi connectivity index (χ1) is 7.58. The average Bonchev–Trinajstić information content (AvgIpc) is 2.24. The Morgan fingerprint density at radius 3 is 2.62 bits per heavy atom. The fraction of sp³-hybridized carbons (Fsp3) is 0.538. The largest absolute Gasteiger partial charge is 0.396 e. The second-order valence-corrected chi connectivity index (χ2v) is 5.31. The number of benzene rings is 1. The van der Waals surface area contributed by atoms with Crippen molar-refractivity contribution in [2.45, 2.75) is 20.3 Å². The van der Waals surface area contributed by atoms with Crippen LogP contribution in [-0.4, -0.2) is 18.3 Å². The normalized spacial score (nSPS) is 14.8. The lowest BCUT2D eigenvalue weighted by Gasteiger charge is -2.21. The second kappa shape index (κ2) is 6.38. The number of hydrogen-bond donors (Lipinski definition) is 2. The number of aliphatic hydroxyl groups is 1. The molecule has 2 unspecified atom stereocenters. The van der Waals surface area contributed by atoms with Crippen LogP contribution in [0.15, 0.2) is 22.7 Å². The quantitative estimate of drug-likeness (QED) is 0.873. The molecule has 0 aliphatic rings. The molecule has 2 atom stereocenters. The minimum atomic E-state index is 0.168. The third-order valence-electron chi connectivity index (χ3n) is 3.09. The number of aryl methyl sites for hydroxylation is 1. The molecule has 0 saturated heterocycles. The molecule has 0 amide bonds. The third-order valence-corrected chi connectivity index (χ3v) is 3.83. The molecule has 0 aliphatic carbocycles. The highest BCUT2D eigenvalue weighted by Gasteiger charge is 2.16. The van der Waals surface area contributed by atoms with E-state index < -0.39 is 0 Å². The zero-order valence-electron chi connectivity index (χ0n) is 9.91. The van der Waals surface area contributed by atoms with E-state index in [2.05, 4.69) is 48.0 Å². The number of aliphatic hydroxyl groups excluding tert-OH is 1. The van der Waals surface area contributed by atoms with Gasteiger partial charge in [-0.1, -0.05) is 35.0 Å². The molecule has 3 N–H and O–H groups in total. The number of halogens is 1. The molecule has 1 rings (SSSR count). The summed E-state index contributed by atoms with van der Waals surface area (Å²) in [7, 11) is 0. The smallest absolute Gasteiger partial charge is 0.0474 e. The van der Waals surface area contributed by atoms with Gasteiger partial charge >= 0.3 is 0 Å². The van der Waals surface area contributed by atoms with Crippen molar-refractivity contribution in [3.8, 4) is 0 Å². The Kier molecular flexibility index (Phi) is 5.46. The summed E-state index contributed by atoms with van der Waals surface area (Å²) >= 11 is 3.57. The van der Waals surface area contributed by atoms with Gasteiger partial charge in [-0.2, -0.15) is 0 Å². The van der Waals surface area contributed by atoms with Crippen molar-refractivity contribution >= 4 is 15.9 Å². The maximum absolute atomic E-state index is 9.20. The molecule has 16 heavy (non-hydrogen) atoms. The van der Waals surface area contributed by atoms with Crippen LogP contribution in [0.4, 0.5) is 0 Å². The van der Waals surface area contributed by atoms with E-state index in [1.807, 2.05) is 0 Å².